The molecule has 1 atom stereocenters. The Bertz CT molecular complexity index is 442. The van der Waals surface area contributed by atoms with E-state index in [4.69, 9.17) is 5.26 Å². The molecular formula is C13H15FN2O. The molecule has 1 heterocycles. The first-order chi connectivity index (χ1) is 8.26. The van der Waals surface area contributed by atoms with Crippen LogP contribution in [-0.2, 0) is 6.54 Å². The van der Waals surface area contributed by atoms with Crippen LogP contribution in [-0.4, -0.2) is 29.2 Å². The Hall–Kier alpha value is -1.44. The summed E-state index contributed by atoms with van der Waals surface area (Å²) >= 11 is 0. The van der Waals surface area contributed by atoms with Crippen LogP contribution >= 0.6 is 0 Å². The molecule has 1 aromatic carbocycles. The molecule has 0 amide bonds. The molecule has 0 aromatic heterocycles. The number of benzene rings is 1. The first-order valence-electron chi connectivity index (χ1n) is 5.78. The smallest absolute Gasteiger partial charge is 0.145 e. The average Bonchev–Trinajstić information content (AvgIpc) is 2.79. The standard InChI is InChI=1S/C13H15FN2O/c14-13-10(7-15)3-1-4-11(13)8-16-6-2-5-12(16)9-17/h1,3-4,12,17H,2,5-6,8-9H2. The van der Waals surface area contributed by atoms with Gasteiger partial charge in [-0.05, 0) is 25.5 Å². The van der Waals surface area contributed by atoms with Crippen molar-refractivity contribution in [2.45, 2.75) is 25.4 Å². The van der Waals surface area contributed by atoms with Gasteiger partial charge >= 0.3 is 0 Å². The summed E-state index contributed by atoms with van der Waals surface area (Å²) in [6, 6.07) is 6.84. The van der Waals surface area contributed by atoms with Gasteiger partial charge in [0.25, 0.3) is 0 Å². The minimum atomic E-state index is -0.432. The molecule has 0 saturated carbocycles. The molecule has 3 nitrogen and oxygen atoms in total. The molecular weight excluding hydrogens is 219 g/mol. The molecule has 1 aliphatic heterocycles. The Kier molecular flexibility index (Phi) is 3.72. The lowest BCUT2D eigenvalue weighted by Gasteiger charge is -2.22. The van der Waals surface area contributed by atoms with E-state index in [1.165, 1.54) is 6.07 Å². The van der Waals surface area contributed by atoms with E-state index in [0.29, 0.717) is 12.1 Å². The van der Waals surface area contributed by atoms with Crippen molar-refractivity contribution in [1.82, 2.24) is 4.90 Å². The molecule has 1 aliphatic rings. The zero-order valence-corrected chi connectivity index (χ0v) is 9.56. The van der Waals surface area contributed by atoms with Crippen LogP contribution < -0.4 is 0 Å². The highest BCUT2D eigenvalue weighted by atomic mass is 19.1. The van der Waals surface area contributed by atoms with Crippen LogP contribution in [0.25, 0.3) is 0 Å². The van der Waals surface area contributed by atoms with Gasteiger partial charge < -0.3 is 5.11 Å². The van der Waals surface area contributed by atoms with Gasteiger partial charge in [0.05, 0.1) is 12.2 Å². The Morgan fingerprint density at radius 2 is 2.35 bits per heavy atom. The lowest BCUT2D eigenvalue weighted by atomic mass is 10.1. The van der Waals surface area contributed by atoms with Crippen molar-refractivity contribution in [1.29, 1.82) is 5.26 Å². The number of rotatable bonds is 3. The number of hydrogen-bond acceptors (Lipinski definition) is 3. The molecule has 0 bridgehead atoms. The second kappa shape index (κ2) is 5.26. The molecule has 1 aromatic rings. The van der Waals surface area contributed by atoms with Crippen LogP contribution in [0.1, 0.15) is 24.0 Å². The summed E-state index contributed by atoms with van der Waals surface area (Å²) in [4.78, 5) is 2.07. The van der Waals surface area contributed by atoms with Crippen LogP contribution in [0, 0.1) is 17.1 Å². The summed E-state index contributed by atoms with van der Waals surface area (Å²) in [5.74, 6) is -0.432. The summed E-state index contributed by atoms with van der Waals surface area (Å²) in [6.07, 6.45) is 1.99. The van der Waals surface area contributed by atoms with Crippen molar-refractivity contribution < 1.29 is 9.50 Å². The summed E-state index contributed by atoms with van der Waals surface area (Å²) < 4.78 is 13.8. The topological polar surface area (TPSA) is 47.3 Å². The third-order valence-electron chi connectivity index (χ3n) is 3.28. The minimum Gasteiger partial charge on any atom is -0.395 e. The third kappa shape index (κ3) is 2.46. The fourth-order valence-corrected chi connectivity index (χ4v) is 2.32. The fourth-order valence-electron chi connectivity index (χ4n) is 2.32. The van der Waals surface area contributed by atoms with E-state index in [1.807, 2.05) is 6.07 Å². The maximum absolute atomic E-state index is 13.8. The van der Waals surface area contributed by atoms with Gasteiger partial charge in [-0.2, -0.15) is 5.26 Å². The second-order valence-electron chi connectivity index (χ2n) is 4.34. The number of nitriles is 1. The second-order valence-corrected chi connectivity index (χ2v) is 4.34. The van der Waals surface area contributed by atoms with Crippen molar-refractivity contribution in [2.75, 3.05) is 13.2 Å². The highest BCUT2D eigenvalue weighted by molar-refractivity contribution is 5.34. The van der Waals surface area contributed by atoms with Crippen LogP contribution in [0.3, 0.4) is 0 Å². The lowest BCUT2D eigenvalue weighted by molar-refractivity contribution is 0.152. The molecule has 1 N–H and O–H groups in total. The number of likely N-dealkylation sites (tertiary alicyclic amines) is 1. The van der Waals surface area contributed by atoms with E-state index >= 15 is 0 Å². The van der Waals surface area contributed by atoms with Crippen LogP contribution in [0.15, 0.2) is 18.2 Å². The summed E-state index contributed by atoms with van der Waals surface area (Å²) in [6.45, 7) is 1.45. The molecule has 1 unspecified atom stereocenters. The van der Waals surface area contributed by atoms with Gasteiger partial charge in [-0.15, -0.1) is 0 Å². The van der Waals surface area contributed by atoms with E-state index in [9.17, 15) is 9.50 Å². The summed E-state index contributed by atoms with van der Waals surface area (Å²) in [5, 5.41) is 18.0. The number of aliphatic hydroxyl groups excluding tert-OH is 1. The van der Waals surface area contributed by atoms with E-state index < -0.39 is 5.82 Å². The molecule has 1 fully saturated rings. The van der Waals surface area contributed by atoms with E-state index in [1.54, 1.807) is 12.1 Å². The van der Waals surface area contributed by atoms with Crippen molar-refractivity contribution in [3.63, 3.8) is 0 Å². The van der Waals surface area contributed by atoms with Crippen LogP contribution in [0.5, 0.6) is 0 Å². The van der Waals surface area contributed by atoms with E-state index in [-0.39, 0.29) is 18.2 Å². The lowest BCUT2D eigenvalue weighted by Crippen LogP contribution is -2.31. The molecule has 0 aliphatic carbocycles. The van der Waals surface area contributed by atoms with E-state index in [0.717, 1.165) is 19.4 Å². The predicted octanol–water partition coefficient (Wildman–Crippen LogP) is 1.65. The number of halogens is 1. The van der Waals surface area contributed by atoms with Crippen LogP contribution in [0.4, 0.5) is 4.39 Å². The van der Waals surface area contributed by atoms with Gasteiger partial charge in [-0.1, -0.05) is 12.1 Å². The zero-order chi connectivity index (χ0) is 12.3. The Morgan fingerprint density at radius 3 is 3.06 bits per heavy atom. The minimum absolute atomic E-state index is 0.0854. The van der Waals surface area contributed by atoms with Crippen molar-refractivity contribution in [3.05, 3.63) is 35.1 Å². The van der Waals surface area contributed by atoms with Crippen LogP contribution in [0.2, 0.25) is 0 Å². The summed E-state index contributed by atoms with van der Waals surface area (Å²) in [5.41, 5.74) is 0.617. The number of aliphatic hydroxyl groups is 1. The first-order valence-corrected chi connectivity index (χ1v) is 5.78. The molecule has 17 heavy (non-hydrogen) atoms. The Balaban J connectivity index is 2.16. The molecule has 90 valence electrons. The quantitative estimate of drug-likeness (QED) is 0.865. The van der Waals surface area contributed by atoms with E-state index in [2.05, 4.69) is 4.90 Å². The average molecular weight is 234 g/mol. The molecule has 0 radical (unpaired) electrons. The maximum Gasteiger partial charge on any atom is 0.145 e. The fraction of sp³-hybridized carbons (Fsp3) is 0.462. The predicted molar refractivity (Wildman–Crippen MR) is 61.6 cm³/mol. The van der Waals surface area contributed by atoms with Gasteiger partial charge in [-0.3, -0.25) is 4.90 Å². The number of nitrogens with zero attached hydrogens (tertiary/aromatic N) is 2. The van der Waals surface area contributed by atoms with Crippen molar-refractivity contribution in [3.8, 4) is 6.07 Å². The SMILES string of the molecule is N#Cc1cccc(CN2CCCC2CO)c1F. The van der Waals surface area contributed by atoms with Gasteiger partial charge in [-0.25, -0.2) is 4.39 Å². The highest BCUT2D eigenvalue weighted by Crippen LogP contribution is 2.21. The Morgan fingerprint density at radius 1 is 1.53 bits per heavy atom. The zero-order valence-electron chi connectivity index (χ0n) is 9.56. The molecule has 4 heteroatoms. The number of hydrogen-bond donors (Lipinski definition) is 1. The molecule has 1 saturated heterocycles. The molecule has 2 rings (SSSR count). The highest BCUT2D eigenvalue weighted by Gasteiger charge is 2.24. The monoisotopic (exact) mass is 234 g/mol. The van der Waals surface area contributed by atoms with Gasteiger partial charge in [0.1, 0.15) is 11.9 Å². The van der Waals surface area contributed by atoms with Gasteiger partial charge in [0.2, 0.25) is 0 Å². The summed E-state index contributed by atoms with van der Waals surface area (Å²) in [7, 11) is 0. The molecule has 0 spiro atoms. The third-order valence-corrected chi connectivity index (χ3v) is 3.28. The van der Waals surface area contributed by atoms with Gasteiger partial charge in [0.15, 0.2) is 0 Å². The van der Waals surface area contributed by atoms with Gasteiger partial charge in [0, 0.05) is 18.2 Å². The first kappa shape index (κ1) is 12.0. The largest absolute Gasteiger partial charge is 0.395 e. The van der Waals surface area contributed by atoms with Crippen molar-refractivity contribution in [2.24, 2.45) is 0 Å². The normalized spacial score (nSPS) is 20.4. The van der Waals surface area contributed by atoms with Crippen molar-refractivity contribution >= 4 is 0 Å². The maximum atomic E-state index is 13.8. The Labute approximate surface area is 100 Å².